The molecule has 3 aromatic carbocycles. The van der Waals surface area contributed by atoms with Crippen LogP contribution >= 0.6 is 0 Å². The van der Waals surface area contributed by atoms with E-state index in [9.17, 15) is 0 Å². The summed E-state index contributed by atoms with van der Waals surface area (Å²) in [5.74, 6) is 1.64. The molecule has 1 unspecified atom stereocenters. The number of benzene rings is 3. The van der Waals surface area contributed by atoms with E-state index in [1.807, 2.05) is 6.92 Å². The van der Waals surface area contributed by atoms with Crippen LogP contribution in [-0.2, 0) is 19.3 Å². The van der Waals surface area contributed by atoms with Crippen molar-refractivity contribution in [1.29, 1.82) is 0 Å². The fraction of sp³-hybridized carbons (Fsp3) is 0.360. The van der Waals surface area contributed by atoms with Crippen molar-refractivity contribution in [2.24, 2.45) is 0 Å². The van der Waals surface area contributed by atoms with Gasteiger partial charge in [0.15, 0.2) is 0 Å². The number of hydrogen-bond donors (Lipinski definition) is 0. The van der Waals surface area contributed by atoms with Gasteiger partial charge < -0.3 is 4.74 Å². The number of ether oxygens (including phenoxy) is 1. The van der Waals surface area contributed by atoms with Gasteiger partial charge >= 0.3 is 0 Å². The zero-order valence-corrected chi connectivity index (χ0v) is 15.9. The Bertz CT molecular complexity index is 909. The maximum Gasteiger partial charge on any atom is 0.119 e. The zero-order valence-electron chi connectivity index (χ0n) is 15.9. The molecule has 0 fully saturated rings. The van der Waals surface area contributed by atoms with Gasteiger partial charge in [-0.2, -0.15) is 0 Å². The van der Waals surface area contributed by atoms with Crippen LogP contribution in [0.1, 0.15) is 54.9 Å². The Morgan fingerprint density at radius 2 is 1.73 bits per heavy atom. The van der Waals surface area contributed by atoms with E-state index < -0.39 is 0 Å². The third-order valence-electron chi connectivity index (χ3n) is 5.66. The Morgan fingerprint density at radius 3 is 2.58 bits per heavy atom. The molecule has 0 heterocycles. The lowest BCUT2D eigenvalue weighted by Crippen LogP contribution is -2.13. The monoisotopic (exact) mass is 344 g/mol. The molecule has 1 atom stereocenters. The predicted octanol–water partition coefficient (Wildman–Crippen LogP) is 6.46. The minimum absolute atomic E-state index is 0.625. The van der Waals surface area contributed by atoms with E-state index in [-0.39, 0.29) is 0 Å². The normalized spacial score (nSPS) is 16.5. The third kappa shape index (κ3) is 3.49. The molecule has 1 heteroatoms. The fourth-order valence-corrected chi connectivity index (χ4v) is 4.28. The maximum atomic E-state index is 5.66. The van der Waals surface area contributed by atoms with Gasteiger partial charge in [-0.1, -0.05) is 55.8 Å². The van der Waals surface area contributed by atoms with Crippen LogP contribution in [0.25, 0.3) is 10.8 Å². The highest BCUT2D eigenvalue weighted by Gasteiger charge is 2.20. The Labute approximate surface area is 157 Å². The zero-order chi connectivity index (χ0) is 17.9. The van der Waals surface area contributed by atoms with E-state index in [1.54, 1.807) is 0 Å². The smallest absolute Gasteiger partial charge is 0.119 e. The Balaban J connectivity index is 1.57. The van der Waals surface area contributed by atoms with Crippen LogP contribution in [-0.4, -0.2) is 6.61 Å². The molecule has 0 amide bonds. The maximum absolute atomic E-state index is 5.66. The van der Waals surface area contributed by atoms with Crippen molar-refractivity contribution in [3.63, 3.8) is 0 Å². The topological polar surface area (TPSA) is 9.23 Å². The number of rotatable bonds is 5. The second-order valence-electron chi connectivity index (χ2n) is 7.49. The van der Waals surface area contributed by atoms with Gasteiger partial charge in [0, 0.05) is 0 Å². The summed E-state index contributed by atoms with van der Waals surface area (Å²) < 4.78 is 5.66. The van der Waals surface area contributed by atoms with Crippen LogP contribution in [0.15, 0.2) is 54.6 Å². The SMILES string of the molecule is CCCc1ccc2cc(C3CCc4cc(OCC)ccc4C3)ccc2c1. The van der Waals surface area contributed by atoms with Gasteiger partial charge in [0.2, 0.25) is 0 Å². The van der Waals surface area contributed by atoms with Gasteiger partial charge in [-0.3, -0.25) is 0 Å². The Kier molecular flexibility index (Phi) is 4.97. The molecule has 3 aromatic rings. The average molecular weight is 344 g/mol. The molecule has 0 saturated carbocycles. The third-order valence-corrected chi connectivity index (χ3v) is 5.66. The Hall–Kier alpha value is -2.28. The highest BCUT2D eigenvalue weighted by Crippen LogP contribution is 2.35. The van der Waals surface area contributed by atoms with Crippen LogP contribution in [0.2, 0.25) is 0 Å². The largest absolute Gasteiger partial charge is 0.494 e. The minimum atomic E-state index is 0.625. The second-order valence-corrected chi connectivity index (χ2v) is 7.49. The summed E-state index contributed by atoms with van der Waals surface area (Å²) in [6.07, 6.45) is 5.88. The first kappa shape index (κ1) is 17.1. The summed E-state index contributed by atoms with van der Waals surface area (Å²) in [6, 6.07) is 20.7. The summed E-state index contributed by atoms with van der Waals surface area (Å²) in [6.45, 7) is 5.02. The lowest BCUT2D eigenvalue weighted by Gasteiger charge is -2.26. The molecule has 1 nitrogen and oxygen atoms in total. The molecule has 134 valence electrons. The van der Waals surface area contributed by atoms with Crippen LogP contribution in [0, 0.1) is 0 Å². The molecule has 26 heavy (non-hydrogen) atoms. The van der Waals surface area contributed by atoms with Crippen LogP contribution < -0.4 is 4.74 Å². The van der Waals surface area contributed by atoms with E-state index in [4.69, 9.17) is 4.74 Å². The first-order chi connectivity index (χ1) is 12.8. The molecule has 0 spiro atoms. The van der Waals surface area contributed by atoms with E-state index in [1.165, 1.54) is 52.3 Å². The van der Waals surface area contributed by atoms with Crippen molar-refractivity contribution in [2.75, 3.05) is 6.61 Å². The summed E-state index contributed by atoms with van der Waals surface area (Å²) in [5, 5.41) is 2.75. The molecule has 1 aliphatic carbocycles. The molecule has 0 N–H and O–H groups in total. The van der Waals surface area contributed by atoms with Gasteiger partial charge in [0.25, 0.3) is 0 Å². The molecular weight excluding hydrogens is 316 g/mol. The highest BCUT2D eigenvalue weighted by atomic mass is 16.5. The second kappa shape index (κ2) is 7.53. The number of fused-ring (bicyclic) bond motifs is 2. The molecular formula is C25H28O. The van der Waals surface area contributed by atoms with Crippen molar-refractivity contribution >= 4 is 10.8 Å². The van der Waals surface area contributed by atoms with Gasteiger partial charge in [0.1, 0.15) is 5.75 Å². The summed E-state index contributed by atoms with van der Waals surface area (Å²) in [7, 11) is 0. The van der Waals surface area contributed by atoms with Crippen LogP contribution in [0.4, 0.5) is 0 Å². The standard InChI is InChI=1S/C25H28O/c1-3-5-18-6-7-20-15-21(9-8-19(20)14-18)22-10-11-24-17-25(26-4-2)13-12-23(24)16-22/h6-9,12-15,17,22H,3-5,10-11,16H2,1-2H3. The molecule has 1 aliphatic rings. The summed E-state index contributed by atoms with van der Waals surface area (Å²) in [4.78, 5) is 0. The molecule has 0 saturated heterocycles. The summed E-state index contributed by atoms with van der Waals surface area (Å²) >= 11 is 0. The molecule has 0 radical (unpaired) electrons. The molecule has 0 aliphatic heterocycles. The first-order valence-electron chi connectivity index (χ1n) is 10.0. The van der Waals surface area contributed by atoms with Crippen molar-refractivity contribution in [1.82, 2.24) is 0 Å². The lowest BCUT2D eigenvalue weighted by molar-refractivity contribution is 0.339. The van der Waals surface area contributed by atoms with Crippen LogP contribution in [0.5, 0.6) is 5.75 Å². The van der Waals surface area contributed by atoms with Gasteiger partial charge in [-0.05, 0) is 83.7 Å². The van der Waals surface area contributed by atoms with Crippen molar-refractivity contribution in [3.05, 3.63) is 76.9 Å². The van der Waals surface area contributed by atoms with Gasteiger partial charge in [-0.15, -0.1) is 0 Å². The Morgan fingerprint density at radius 1 is 0.885 bits per heavy atom. The quantitative estimate of drug-likeness (QED) is 0.516. The van der Waals surface area contributed by atoms with E-state index in [0.717, 1.165) is 25.2 Å². The molecule has 0 aromatic heterocycles. The predicted molar refractivity (Wildman–Crippen MR) is 110 cm³/mol. The number of hydrogen-bond acceptors (Lipinski definition) is 1. The van der Waals surface area contributed by atoms with Crippen molar-refractivity contribution in [3.8, 4) is 5.75 Å². The van der Waals surface area contributed by atoms with Crippen molar-refractivity contribution in [2.45, 2.75) is 51.9 Å². The average Bonchev–Trinajstić information content (AvgIpc) is 2.68. The van der Waals surface area contributed by atoms with Crippen LogP contribution in [0.3, 0.4) is 0 Å². The van der Waals surface area contributed by atoms with Gasteiger partial charge in [0.05, 0.1) is 6.61 Å². The molecule has 4 rings (SSSR count). The molecule has 0 bridgehead atoms. The van der Waals surface area contributed by atoms with Gasteiger partial charge in [-0.25, -0.2) is 0 Å². The lowest BCUT2D eigenvalue weighted by atomic mass is 9.79. The number of aryl methyl sites for hydroxylation is 2. The highest BCUT2D eigenvalue weighted by molar-refractivity contribution is 5.84. The fourth-order valence-electron chi connectivity index (χ4n) is 4.28. The van der Waals surface area contributed by atoms with Crippen molar-refractivity contribution < 1.29 is 4.74 Å². The first-order valence-corrected chi connectivity index (χ1v) is 10.0. The minimum Gasteiger partial charge on any atom is -0.494 e. The van der Waals surface area contributed by atoms with E-state index >= 15 is 0 Å². The van der Waals surface area contributed by atoms with E-state index in [0.29, 0.717) is 5.92 Å². The summed E-state index contributed by atoms with van der Waals surface area (Å²) in [5.41, 5.74) is 5.89. The van der Waals surface area contributed by atoms with E-state index in [2.05, 4.69) is 61.5 Å².